The van der Waals surface area contributed by atoms with Crippen LogP contribution in [0.15, 0.2) is 48.5 Å². The van der Waals surface area contributed by atoms with Crippen LogP contribution in [-0.4, -0.2) is 51.5 Å². The Hall–Kier alpha value is -4.08. The van der Waals surface area contributed by atoms with Gasteiger partial charge in [-0.1, -0.05) is 36.4 Å². The van der Waals surface area contributed by atoms with Crippen molar-refractivity contribution in [2.45, 2.75) is 83.5 Å². The number of phenolic OH excluding ortho intramolecular Hbond substituents is 1. The zero-order chi connectivity index (χ0) is 28.7. The molecular weight excluding hydrogens is 500 g/mol. The molecule has 3 rings (SSSR count). The molecule has 39 heavy (non-hydrogen) atoms. The molecule has 1 aliphatic rings. The molecule has 4 amide bonds. The van der Waals surface area contributed by atoms with Crippen molar-refractivity contribution in [1.29, 1.82) is 0 Å². The summed E-state index contributed by atoms with van der Waals surface area (Å²) in [5.74, 6) is -1.87. The Labute approximate surface area is 228 Å². The van der Waals surface area contributed by atoms with E-state index >= 15 is 0 Å². The number of aromatic hydroxyl groups is 1. The number of carbonyl (C=O) groups is 4. The average Bonchev–Trinajstić information content (AvgIpc) is 2.81. The Morgan fingerprint density at radius 1 is 1.08 bits per heavy atom. The van der Waals surface area contributed by atoms with Crippen LogP contribution >= 0.6 is 0 Å². The number of benzene rings is 2. The predicted molar refractivity (Wildman–Crippen MR) is 147 cm³/mol. The maximum Gasteiger partial charge on any atom is 0.408 e. The van der Waals surface area contributed by atoms with Gasteiger partial charge in [0, 0.05) is 23.7 Å². The Kier molecular flexibility index (Phi) is 9.56. The number of hydrogen-bond donors (Lipinski definition) is 4. The number of amides is 4. The van der Waals surface area contributed by atoms with Crippen molar-refractivity contribution in [3.8, 4) is 5.75 Å². The third kappa shape index (κ3) is 7.95. The Morgan fingerprint density at radius 2 is 1.72 bits per heavy atom. The van der Waals surface area contributed by atoms with Crippen LogP contribution in [0.2, 0.25) is 0 Å². The number of anilines is 1. The lowest BCUT2D eigenvalue weighted by Crippen LogP contribution is -2.57. The predicted octanol–water partition coefficient (Wildman–Crippen LogP) is 3.92. The van der Waals surface area contributed by atoms with Gasteiger partial charge >= 0.3 is 6.09 Å². The highest BCUT2D eigenvalue weighted by atomic mass is 16.6. The molecule has 0 radical (unpaired) electrons. The Balaban J connectivity index is 2.04. The quantitative estimate of drug-likeness (QED) is 0.360. The molecule has 2 aromatic carbocycles. The molecule has 2 aromatic rings. The number of nitrogens with two attached hydrogens (primary N) is 1. The van der Waals surface area contributed by atoms with E-state index in [1.807, 2.05) is 19.1 Å². The maximum atomic E-state index is 14.2. The Bertz CT molecular complexity index is 1200. The van der Waals surface area contributed by atoms with Crippen molar-refractivity contribution in [3.63, 3.8) is 0 Å². The molecule has 210 valence electrons. The van der Waals surface area contributed by atoms with Gasteiger partial charge in [-0.25, -0.2) is 4.79 Å². The molecule has 2 unspecified atom stereocenters. The van der Waals surface area contributed by atoms with Crippen LogP contribution in [0.25, 0.3) is 0 Å². The highest BCUT2D eigenvalue weighted by Gasteiger charge is 2.43. The number of hydrogen-bond acceptors (Lipinski definition) is 6. The number of para-hydroxylation sites is 2. The first kappa shape index (κ1) is 29.5. The number of aryl methyl sites for hydroxylation is 1. The van der Waals surface area contributed by atoms with Gasteiger partial charge in [-0.05, 0) is 71.1 Å². The summed E-state index contributed by atoms with van der Waals surface area (Å²) >= 11 is 0. The molecule has 0 spiro atoms. The average molecular weight is 539 g/mol. The number of carbonyl (C=O) groups excluding carboxylic acids is 4. The van der Waals surface area contributed by atoms with E-state index in [2.05, 4.69) is 10.6 Å². The van der Waals surface area contributed by atoms with Crippen molar-refractivity contribution >= 4 is 29.5 Å². The fraction of sp³-hybridized carbons (Fsp3) is 0.448. The zero-order valence-electron chi connectivity index (χ0n) is 22.9. The van der Waals surface area contributed by atoms with Crippen molar-refractivity contribution < 1.29 is 29.0 Å². The number of ether oxygens (including phenoxy) is 1. The van der Waals surface area contributed by atoms with Gasteiger partial charge in [0.1, 0.15) is 23.4 Å². The molecule has 0 heterocycles. The lowest BCUT2D eigenvalue weighted by Gasteiger charge is -2.43. The minimum atomic E-state index is -1.21. The van der Waals surface area contributed by atoms with Crippen LogP contribution in [-0.2, 0) is 19.1 Å². The minimum absolute atomic E-state index is 0.0798. The van der Waals surface area contributed by atoms with Gasteiger partial charge in [-0.15, -0.1) is 0 Å². The van der Waals surface area contributed by atoms with Gasteiger partial charge in [0.25, 0.3) is 5.91 Å². The van der Waals surface area contributed by atoms with E-state index < -0.39 is 41.5 Å². The number of rotatable bonds is 10. The molecule has 5 N–H and O–H groups in total. The SMILES string of the molecule is Cc1ccccc1NC(=O)C(c1ccccc1O)N(C(=O)C(CCC(N)=O)NC(=O)OC(C)(C)C)C1CCC1. The van der Waals surface area contributed by atoms with Crippen molar-refractivity contribution in [1.82, 2.24) is 10.2 Å². The molecule has 1 aliphatic carbocycles. The van der Waals surface area contributed by atoms with E-state index in [9.17, 15) is 24.3 Å². The number of primary amides is 1. The summed E-state index contributed by atoms with van der Waals surface area (Å²) in [6.45, 7) is 6.93. The number of nitrogens with zero attached hydrogens (tertiary/aromatic N) is 1. The highest BCUT2D eigenvalue weighted by Crippen LogP contribution is 2.37. The van der Waals surface area contributed by atoms with E-state index in [4.69, 9.17) is 10.5 Å². The Morgan fingerprint density at radius 3 is 2.28 bits per heavy atom. The van der Waals surface area contributed by atoms with Gasteiger partial charge in [0.15, 0.2) is 0 Å². The number of nitrogens with one attached hydrogen (secondary N) is 2. The van der Waals surface area contributed by atoms with Gasteiger partial charge in [0.2, 0.25) is 11.8 Å². The van der Waals surface area contributed by atoms with Gasteiger partial charge in [0.05, 0.1) is 0 Å². The minimum Gasteiger partial charge on any atom is -0.508 e. The van der Waals surface area contributed by atoms with E-state index in [1.54, 1.807) is 51.1 Å². The second-order valence-corrected chi connectivity index (χ2v) is 10.8. The van der Waals surface area contributed by atoms with Crippen LogP contribution in [0.1, 0.15) is 70.0 Å². The molecule has 10 heteroatoms. The zero-order valence-corrected chi connectivity index (χ0v) is 22.9. The summed E-state index contributed by atoms with van der Waals surface area (Å²) < 4.78 is 5.35. The normalized spacial score (nSPS) is 14.9. The third-order valence-corrected chi connectivity index (χ3v) is 6.55. The molecule has 1 fully saturated rings. The summed E-state index contributed by atoms with van der Waals surface area (Å²) in [7, 11) is 0. The molecule has 1 saturated carbocycles. The van der Waals surface area contributed by atoms with Crippen LogP contribution in [0.4, 0.5) is 10.5 Å². The van der Waals surface area contributed by atoms with Crippen LogP contribution in [0.3, 0.4) is 0 Å². The van der Waals surface area contributed by atoms with Crippen molar-refractivity contribution in [2.75, 3.05) is 5.32 Å². The summed E-state index contributed by atoms with van der Waals surface area (Å²) in [6, 6.07) is 10.9. The monoisotopic (exact) mass is 538 g/mol. The summed E-state index contributed by atoms with van der Waals surface area (Å²) in [4.78, 5) is 53.8. The molecule has 2 atom stereocenters. The van der Waals surface area contributed by atoms with Crippen molar-refractivity contribution in [2.24, 2.45) is 5.73 Å². The van der Waals surface area contributed by atoms with Gasteiger partial charge in [-0.2, -0.15) is 0 Å². The van der Waals surface area contributed by atoms with Crippen molar-refractivity contribution in [3.05, 3.63) is 59.7 Å². The second kappa shape index (κ2) is 12.6. The van der Waals surface area contributed by atoms with Crippen LogP contribution in [0, 0.1) is 6.92 Å². The topological polar surface area (TPSA) is 151 Å². The first-order chi connectivity index (χ1) is 18.4. The van der Waals surface area contributed by atoms with E-state index in [0.29, 0.717) is 18.5 Å². The summed E-state index contributed by atoms with van der Waals surface area (Å²) in [5.41, 5.74) is 6.19. The summed E-state index contributed by atoms with van der Waals surface area (Å²) in [6.07, 6.45) is 1.06. The molecule has 0 aromatic heterocycles. The third-order valence-electron chi connectivity index (χ3n) is 6.55. The lowest BCUT2D eigenvalue weighted by atomic mass is 9.87. The second-order valence-electron chi connectivity index (χ2n) is 10.8. The van der Waals surface area contributed by atoms with Gasteiger partial charge in [-0.3, -0.25) is 14.4 Å². The first-order valence-electron chi connectivity index (χ1n) is 13.1. The molecule has 10 nitrogen and oxygen atoms in total. The lowest BCUT2D eigenvalue weighted by molar-refractivity contribution is -0.146. The van der Waals surface area contributed by atoms with Crippen LogP contribution < -0.4 is 16.4 Å². The van der Waals surface area contributed by atoms with E-state index in [-0.39, 0.29) is 30.2 Å². The number of phenols is 1. The molecule has 0 saturated heterocycles. The smallest absolute Gasteiger partial charge is 0.408 e. The van der Waals surface area contributed by atoms with Gasteiger partial charge < -0.3 is 31.1 Å². The fourth-order valence-corrected chi connectivity index (χ4v) is 4.41. The molecule has 0 bridgehead atoms. The highest BCUT2D eigenvalue weighted by molar-refractivity contribution is 6.00. The molecular formula is C29H38N4O6. The molecule has 0 aliphatic heterocycles. The maximum absolute atomic E-state index is 14.2. The first-order valence-corrected chi connectivity index (χ1v) is 13.1. The van der Waals surface area contributed by atoms with E-state index in [1.165, 1.54) is 11.0 Å². The standard InChI is InChI=1S/C29H38N4O6/c1-18-10-5-7-14-21(18)31-26(36)25(20-13-6-8-15-23(20)34)33(19-11-9-12-19)27(37)22(16-17-24(30)35)32-28(38)39-29(2,3)4/h5-8,10,13-15,19,22,25,34H,9,11-12,16-17H2,1-4H3,(H2,30,35)(H,31,36)(H,32,38). The number of alkyl carbamates (subject to hydrolysis) is 1. The van der Waals surface area contributed by atoms with Crippen LogP contribution in [0.5, 0.6) is 5.75 Å². The summed E-state index contributed by atoms with van der Waals surface area (Å²) in [5, 5.41) is 16.3. The largest absolute Gasteiger partial charge is 0.508 e. The fourth-order valence-electron chi connectivity index (χ4n) is 4.41. The van der Waals surface area contributed by atoms with E-state index in [0.717, 1.165) is 12.0 Å².